The zero-order chi connectivity index (χ0) is 10.1. The summed E-state index contributed by atoms with van der Waals surface area (Å²) in [6.45, 7) is 0. The van der Waals surface area contributed by atoms with Crippen molar-refractivity contribution in [3.63, 3.8) is 0 Å². The van der Waals surface area contributed by atoms with Crippen LogP contribution in [0.25, 0.3) is 11.3 Å². The topological polar surface area (TPSA) is 72.3 Å². The molecule has 14 heavy (non-hydrogen) atoms. The maximum absolute atomic E-state index is 9.30. The number of hydrogen-bond acceptors (Lipinski definition) is 4. The van der Waals surface area contributed by atoms with E-state index >= 15 is 0 Å². The number of aromatic hydroxyl groups is 1. The maximum atomic E-state index is 9.30. The molecule has 1 aromatic carbocycles. The van der Waals surface area contributed by atoms with Gasteiger partial charge in [-0.15, -0.1) is 0 Å². The Kier molecular flexibility index (Phi) is 2.17. The van der Waals surface area contributed by atoms with E-state index in [0.29, 0.717) is 17.0 Å². The maximum Gasteiger partial charge on any atom is 0.190 e. The third kappa shape index (κ3) is 1.46. The van der Waals surface area contributed by atoms with E-state index in [2.05, 4.69) is 21.1 Å². The van der Waals surface area contributed by atoms with Crippen molar-refractivity contribution in [1.82, 2.24) is 5.16 Å². The van der Waals surface area contributed by atoms with Gasteiger partial charge in [-0.2, -0.15) is 0 Å². The highest BCUT2D eigenvalue weighted by atomic mass is 79.9. The molecule has 72 valence electrons. The first-order chi connectivity index (χ1) is 6.68. The predicted molar refractivity (Wildman–Crippen MR) is 55.7 cm³/mol. The number of rotatable bonds is 1. The lowest BCUT2D eigenvalue weighted by atomic mass is 10.1. The highest BCUT2D eigenvalue weighted by Gasteiger charge is 2.11. The Morgan fingerprint density at radius 1 is 1.43 bits per heavy atom. The minimum Gasteiger partial charge on any atom is -0.508 e. The second kappa shape index (κ2) is 3.34. The zero-order valence-corrected chi connectivity index (χ0v) is 8.65. The van der Waals surface area contributed by atoms with E-state index in [0.717, 1.165) is 4.47 Å². The molecule has 2 aromatic rings. The Hall–Kier alpha value is -1.49. The molecule has 0 aliphatic carbocycles. The third-order valence-corrected chi connectivity index (χ3v) is 2.48. The summed E-state index contributed by atoms with van der Waals surface area (Å²) in [6.07, 6.45) is 1.42. The van der Waals surface area contributed by atoms with Gasteiger partial charge in [0.2, 0.25) is 0 Å². The largest absolute Gasteiger partial charge is 0.508 e. The standard InChI is InChI=1S/C9H7BrN2O2/c10-7-2-1-5(13)3-6(7)9-8(11)4-12-14-9/h1-4,13H,11H2. The molecule has 0 spiro atoms. The lowest BCUT2D eigenvalue weighted by Crippen LogP contribution is -1.85. The molecule has 0 aliphatic heterocycles. The fraction of sp³-hybridized carbons (Fsp3) is 0. The minimum atomic E-state index is 0.152. The van der Waals surface area contributed by atoms with E-state index in [1.54, 1.807) is 18.2 Å². The number of hydrogen-bond donors (Lipinski definition) is 2. The van der Waals surface area contributed by atoms with Crippen molar-refractivity contribution in [3.05, 3.63) is 28.9 Å². The van der Waals surface area contributed by atoms with Gasteiger partial charge in [0, 0.05) is 10.0 Å². The van der Waals surface area contributed by atoms with Crippen molar-refractivity contribution in [1.29, 1.82) is 0 Å². The molecular formula is C9H7BrN2O2. The number of benzene rings is 1. The zero-order valence-electron chi connectivity index (χ0n) is 7.07. The van der Waals surface area contributed by atoms with E-state index in [1.807, 2.05) is 0 Å². The van der Waals surface area contributed by atoms with Crippen LogP contribution in [0.4, 0.5) is 5.69 Å². The molecule has 5 heteroatoms. The highest BCUT2D eigenvalue weighted by molar-refractivity contribution is 9.10. The van der Waals surface area contributed by atoms with Gasteiger partial charge < -0.3 is 15.4 Å². The molecule has 0 bridgehead atoms. The van der Waals surface area contributed by atoms with Crippen LogP contribution in [0.5, 0.6) is 5.75 Å². The summed E-state index contributed by atoms with van der Waals surface area (Å²) in [5, 5.41) is 12.9. The number of phenols is 1. The van der Waals surface area contributed by atoms with E-state index in [4.69, 9.17) is 10.3 Å². The van der Waals surface area contributed by atoms with Gasteiger partial charge in [-0.25, -0.2) is 0 Å². The molecule has 0 aliphatic rings. The molecule has 4 nitrogen and oxygen atoms in total. The number of nitrogens with zero attached hydrogens (tertiary/aromatic N) is 1. The van der Waals surface area contributed by atoms with E-state index in [9.17, 15) is 5.11 Å². The number of nitrogen functional groups attached to an aromatic ring is 1. The van der Waals surface area contributed by atoms with Crippen molar-refractivity contribution in [2.75, 3.05) is 5.73 Å². The number of nitrogens with two attached hydrogens (primary N) is 1. The first-order valence-electron chi connectivity index (χ1n) is 3.87. The lowest BCUT2D eigenvalue weighted by molar-refractivity contribution is 0.431. The van der Waals surface area contributed by atoms with Crippen LogP contribution in [0, 0.1) is 0 Å². The van der Waals surface area contributed by atoms with Gasteiger partial charge in [0.15, 0.2) is 5.76 Å². The Morgan fingerprint density at radius 3 is 2.86 bits per heavy atom. The number of halogens is 1. The summed E-state index contributed by atoms with van der Waals surface area (Å²) < 4.78 is 5.76. The van der Waals surface area contributed by atoms with Gasteiger partial charge in [0.25, 0.3) is 0 Å². The van der Waals surface area contributed by atoms with Gasteiger partial charge in [-0.3, -0.25) is 0 Å². The van der Waals surface area contributed by atoms with Crippen molar-refractivity contribution < 1.29 is 9.63 Å². The fourth-order valence-electron chi connectivity index (χ4n) is 1.14. The van der Waals surface area contributed by atoms with E-state index < -0.39 is 0 Å². The number of anilines is 1. The summed E-state index contributed by atoms with van der Waals surface area (Å²) in [6, 6.07) is 4.84. The van der Waals surface area contributed by atoms with Gasteiger partial charge >= 0.3 is 0 Å². The van der Waals surface area contributed by atoms with Gasteiger partial charge in [0.05, 0.1) is 6.20 Å². The normalized spacial score (nSPS) is 10.4. The van der Waals surface area contributed by atoms with Crippen LogP contribution >= 0.6 is 15.9 Å². The number of phenolic OH excluding ortho intramolecular Hbond substituents is 1. The minimum absolute atomic E-state index is 0.152. The third-order valence-electron chi connectivity index (χ3n) is 1.79. The second-order valence-electron chi connectivity index (χ2n) is 2.77. The van der Waals surface area contributed by atoms with Crippen LogP contribution in [0.15, 0.2) is 33.4 Å². The molecule has 3 N–H and O–H groups in total. The summed E-state index contributed by atoms with van der Waals surface area (Å²) in [7, 11) is 0. The molecule has 0 atom stereocenters. The average molecular weight is 255 g/mol. The molecule has 0 saturated heterocycles. The van der Waals surface area contributed by atoms with Crippen molar-refractivity contribution >= 4 is 21.6 Å². The van der Waals surface area contributed by atoms with Crippen LogP contribution in [0.3, 0.4) is 0 Å². The van der Waals surface area contributed by atoms with Crippen molar-refractivity contribution in [2.45, 2.75) is 0 Å². The molecule has 0 saturated carbocycles. The van der Waals surface area contributed by atoms with Crippen molar-refractivity contribution in [2.24, 2.45) is 0 Å². The Balaban J connectivity index is 2.62. The molecule has 1 aromatic heterocycles. The first-order valence-corrected chi connectivity index (χ1v) is 4.67. The smallest absolute Gasteiger partial charge is 0.190 e. The fourth-order valence-corrected chi connectivity index (χ4v) is 1.57. The van der Waals surface area contributed by atoms with Crippen LogP contribution < -0.4 is 5.73 Å². The summed E-state index contributed by atoms with van der Waals surface area (Å²) >= 11 is 3.33. The molecule has 0 radical (unpaired) electrons. The SMILES string of the molecule is Nc1cnoc1-c1cc(O)ccc1Br. The average Bonchev–Trinajstić information content (AvgIpc) is 2.56. The molecular weight excluding hydrogens is 248 g/mol. The molecule has 0 unspecified atom stereocenters. The van der Waals surface area contributed by atoms with Gasteiger partial charge in [-0.1, -0.05) is 21.1 Å². The first kappa shape index (κ1) is 9.08. The monoisotopic (exact) mass is 254 g/mol. The molecule has 1 heterocycles. The summed E-state index contributed by atoms with van der Waals surface area (Å²) in [5.74, 6) is 0.603. The lowest BCUT2D eigenvalue weighted by Gasteiger charge is -2.01. The van der Waals surface area contributed by atoms with Crippen LogP contribution in [0.2, 0.25) is 0 Å². The van der Waals surface area contributed by atoms with E-state index in [1.165, 1.54) is 6.20 Å². The Labute approximate surface area is 88.5 Å². The Bertz CT molecular complexity index is 468. The van der Waals surface area contributed by atoms with Crippen LogP contribution in [-0.2, 0) is 0 Å². The van der Waals surface area contributed by atoms with E-state index in [-0.39, 0.29) is 5.75 Å². The van der Waals surface area contributed by atoms with Gasteiger partial charge in [-0.05, 0) is 18.2 Å². The van der Waals surface area contributed by atoms with Gasteiger partial charge in [0.1, 0.15) is 11.4 Å². The molecule has 0 amide bonds. The second-order valence-corrected chi connectivity index (χ2v) is 3.63. The highest BCUT2D eigenvalue weighted by Crippen LogP contribution is 2.34. The van der Waals surface area contributed by atoms with Crippen molar-refractivity contribution in [3.8, 4) is 17.1 Å². The molecule has 2 rings (SSSR count). The quantitative estimate of drug-likeness (QED) is 0.820. The summed E-state index contributed by atoms with van der Waals surface area (Å²) in [5.41, 5.74) is 6.75. The van der Waals surface area contributed by atoms with Crippen LogP contribution in [0.1, 0.15) is 0 Å². The number of aromatic nitrogens is 1. The van der Waals surface area contributed by atoms with Crippen LogP contribution in [-0.4, -0.2) is 10.3 Å². The Morgan fingerprint density at radius 2 is 2.21 bits per heavy atom. The molecule has 0 fully saturated rings. The predicted octanol–water partition coefficient (Wildman–Crippen LogP) is 2.39. The summed E-state index contributed by atoms with van der Waals surface area (Å²) in [4.78, 5) is 0.